The van der Waals surface area contributed by atoms with Crippen molar-refractivity contribution in [1.82, 2.24) is 9.97 Å². The summed E-state index contributed by atoms with van der Waals surface area (Å²) in [5.74, 6) is 1.63. The average molecular weight is 247 g/mol. The Bertz CT molecular complexity index is 531. The Morgan fingerprint density at radius 2 is 2.29 bits per heavy atom. The van der Waals surface area contributed by atoms with Gasteiger partial charge >= 0.3 is 0 Å². The zero-order valence-corrected chi connectivity index (χ0v) is 11.1. The third-order valence-corrected chi connectivity index (χ3v) is 3.56. The van der Waals surface area contributed by atoms with E-state index in [0.717, 1.165) is 29.0 Å². The number of thiophene rings is 1. The molecule has 2 heterocycles. The maximum atomic E-state index is 4.47. The molecule has 4 heteroatoms. The van der Waals surface area contributed by atoms with Gasteiger partial charge in [0.15, 0.2) is 5.82 Å². The lowest BCUT2D eigenvalue weighted by atomic mass is 10.3. The fraction of sp³-hybridized carbons (Fsp3) is 0.385. The Morgan fingerprint density at radius 1 is 1.47 bits per heavy atom. The fourth-order valence-electron chi connectivity index (χ4n) is 1.66. The fourth-order valence-corrected chi connectivity index (χ4v) is 2.58. The topological polar surface area (TPSA) is 37.8 Å². The van der Waals surface area contributed by atoms with Crippen molar-refractivity contribution in [2.45, 2.75) is 26.7 Å². The van der Waals surface area contributed by atoms with Crippen LogP contribution in [0.3, 0.4) is 0 Å². The van der Waals surface area contributed by atoms with Gasteiger partial charge in [0.05, 0.1) is 10.2 Å². The van der Waals surface area contributed by atoms with Gasteiger partial charge in [-0.1, -0.05) is 19.9 Å². The minimum Gasteiger partial charge on any atom is -0.369 e. The van der Waals surface area contributed by atoms with E-state index in [0.29, 0.717) is 5.82 Å². The van der Waals surface area contributed by atoms with Crippen LogP contribution in [0.15, 0.2) is 12.6 Å². The average Bonchev–Trinajstić information content (AvgIpc) is 2.69. The summed E-state index contributed by atoms with van der Waals surface area (Å²) in [5.41, 5.74) is 1.01. The molecule has 17 heavy (non-hydrogen) atoms. The van der Waals surface area contributed by atoms with Gasteiger partial charge in [-0.3, -0.25) is 0 Å². The van der Waals surface area contributed by atoms with Crippen LogP contribution in [-0.4, -0.2) is 16.5 Å². The van der Waals surface area contributed by atoms with E-state index in [1.807, 2.05) is 0 Å². The molecule has 0 saturated carbocycles. The van der Waals surface area contributed by atoms with Crippen LogP contribution in [0.1, 0.15) is 30.5 Å². The minimum atomic E-state index is 0.689. The molecule has 0 radical (unpaired) electrons. The van der Waals surface area contributed by atoms with Gasteiger partial charge in [-0.05, 0) is 25.5 Å². The summed E-state index contributed by atoms with van der Waals surface area (Å²) < 4.78 is 1.14. The SMILES string of the molecule is C=Cc1nc(NCCCC)c2sc(C)cc2n1. The molecule has 90 valence electrons. The highest BCUT2D eigenvalue weighted by atomic mass is 32.1. The summed E-state index contributed by atoms with van der Waals surface area (Å²) in [6.45, 7) is 8.96. The Morgan fingerprint density at radius 3 is 3.00 bits per heavy atom. The second-order valence-electron chi connectivity index (χ2n) is 3.99. The quantitative estimate of drug-likeness (QED) is 0.815. The molecular weight excluding hydrogens is 230 g/mol. The zero-order valence-electron chi connectivity index (χ0n) is 10.3. The summed E-state index contributed by atoms with van der Waals surface area (Å²) in [7, 11) is 0. The van der Waals surface area contributed by atoms with E-state index in [2.05, 4.69) is 41.8 Å². The highest BCUT2D eigenvalue weighted by Crippen LogP contribution is 2.29. The van der Waals surface area contributed by atoms with Crippen LogP contribution in [0.25, 0.3) is 16.3 Å². The van der Waals surface area contributed by atoms with Gasteiger partial charge in [0.2, 0.25) is 0 Å². The number of nitrogens with one attached hydrogen (secondary N) is 1. The van der Waals surface area contributed by atoms with E-state index < -0.39 is 0 Å². The first-order valence-electron chi connectivity index (χ1n) is 5.89. The predicted octanol–water partition coefficient (Wildman–Crippen LogP) is 3.85. The molecule has 0 saturated heterocycles. The van der Waals surface area contributed by atoms with Gasteiger partial charge in [0, 0.05) is 11.4 Å². The van der Waals surface area contributed by atoms with Crippen molar-refractivity contribution in [2.24, 2.45) is 0 Å². The van der Waals surface area contributed by atoms with Crippen molar-refractivity contribution in [2.75, 3.05) is 11.9 Å². The summed E-state index contributed by atoms with van der Waals surface area (Å²) in [6, 6.07) is 2.10. The molecule has 1 N–H and O–H groups in total. The summed E-state index contributed by atoms with van der Waals surface area (Å²) in [6.07, 6.45) is 4.02. The third-order valence-electron chi connectivity index (χ3n) is 2.52. The van der Waals surface area contributed by atoms with Crippen LogP contribution in [0.4, 0.5) is 5.82 Å². The normalized spacial score (nSPS) is 10.7. The van der Waals surface area contributed by atoms with Crippen molar-refractivity contribution >= 4 is 33.4 Å². The number of hydrogen-bond acceptors (Lipinski definition) is 4. The highest BCUT2D eigenvalue weighted by molar-refractivity contribution is 7.19. The Labute approximate surface area is 106 Å². The molecule has 0 spiro atoms. The second-order valence-corrected chi connectivity index (χ2v) is 5.24. The molecule has 0 aliphatic heterocycles. The van der Waals surface area contributed by atoms with E-state index >= 15 is 0 Å². The summed E-state index contributed by atoms with van der Waals surface area (Å²) in [4.78, 5) is 10.2. The van der Waals surface area contributed by atoms with Gasteiger partial charge in [-0.15, -0.1) is 11.3 Å². The number of anilines is 1. The minimum absolute atomic E-state index is 0.689. The number of rotatable bonds is 5. The number of hydrogen-bond donors (Lipinski definition) is 1. The van der Waals surface area contributed by atoms with Crippen LogP contribution in [0, 0.1) is 6.92 Å². The van der Waals surface area contributed by atoms with Crippen molar-refractivity contribution < 1.29 is 0 Å². The summed E-state index contributed by atoms with van der Waals surface area (Å²) in [5, 5.41) is 3.39. The van der Waals surface area contributed by atoms with Crippen LogP contribution in [0.5, 0.6) is 0 Å². The molecule has 2 aromatic heterocycles. The third kappa shape index (κ3) is 2.64. The molecule has 0 amide bonds. The predicted molar refractivity (Wildman–Crippen MR) is 75.6 cm³/mol. The van der Waals surface area contributed by atoms with Gasteiger partial charge in [-0.2, -0.15) is 0 Å². The molecule has 0 atom stereocenters. The molecule has 0 aromatic carbocycles. The van der Waals surface area contributed by atoms with Crippen LogP contribution < -0.4 is 5.32 Å². The molecular formula is C13H17N3S. The van der Waals surface area contributed by atoms with Crippen LogP contribution in [0.2, 0.25) is 0 Å². The zero-order chi connectivity index (χ0) is 12.3. The molecule has 0 unspecified atom stereocenters. The van der Waals surface area contributed by atoms with Gasteiger partial charge in [-0.25, -0.2) is 9.97 Å². The highest BCUT2D eigenvalue weighted by Gasteiger charge is 2.08. The molecule has 2 rings (SSSR count). The number of fused-ring (bicyclic) bond motifs is 1. The molecule has 0 fully saturated rings. The van der Waals surface area contributed by atoms with Gasteiger partial charge in [0.25, 0.3) is 0 Å². The Kier molecular flexibility index (Phi) is 3.74. The van der Waals surface area contributed by atoms with Crippen LogP contribution >= 0.6 is 11.3 Å². The van der Waals surface area contributed by atoms with E-state index in [9.17, 15) is 0 Å². The van der Waals surface area contributed by atoms with E-state index in [1.54, 1.807) is 17.4 Å². The largest absolute Gasteiger partial charge is 0.369 e. The number of aryl methyl sites for hydroxylation is 1. The van der Waals surface area contributed by atoms with Gasteiger partial charge in [0.1, 0.15) is 5.82 Å². The van der Waals surface area contributed by atoms with E-state index in [-0.39, 0.29) is 0 Å². The standard InChI is InChI=1S/C13H17N3S/c1-4-6-7-14-13-12-10(8-9(3)17-12)15-11(5-2)16-13/h5,8H,2,4,6-7H2,1,3H3,(H,14,15,16). The lowest BCUT2D eigenvalue weighted by Gasteiger charge is -2.06. The van der Waals surface area contributed by atoms with E-state index in [1.165, 1.54) is 11.3 Å². The lowest BCUT2D eigenvalue weighted by Crippen LogP contribution is -2.04. The first-order valence-corrected chi connectivity index (χ1v) is 6.70. The molecule has 2 aromatic rings. The molecule has 3 nitrogen and oxygen atoms in total. The van der Waals surface area contributed by atoms with Gasteiger partial charge < -0.3 is 5.32 Å². The van der Waals surface area contributed by atoms with Crippen molar-refractivity contribution in [3.8, 4) is 0 Å². The maximum absolute atomic E-state index is 4.47. The maximum Gasteiger partial charge on any atom is 0.154 e. The number of nitrogens with zero attached hydrogens (tertiary/aromatic N) is 2. The first kappa shape index (κ1) is 12.0. The summed E-state index contributed by atoms with van der Waals surface area (Å²) >= 11 is 1.73. The molecule has 0 aliphatic rings. The smallest absolute Gasteiger partial charge is 0.154 e. The van der Waals surface area contributed by atoms with Crippen molar-refractivity contribution in [3.05, 3.63) is 23.3 Å². The molecule has 0 bridgehead atoms. The van der Waals surface area contributed by atoms with Crippen LogP contribution in [-0.2, 0) is 0 Å². The second kappa shape index (κ2) is 5.27. The lowest BCUT2D eigenvalue weighted by molar-refractivity contribution is 0.831. The monoisotopic (exact) mass is 247 g/mol. The van der Waals surface area contributed by atoms with Crippen molar-refractivity contribution in [3.63, 3.8) is 0 Å². The Hall–Kier alpha value is -1.42. The van der Waals surface area contributed by atoms with Crippen molar-refractivity contribution in [1.29, 1.82) is 0 Å². The number of aromatic nitrogens is 2. The number of unbranched alkanes of at least 4 members (excludes halogenated alkanes) is 1. The van der Waals surface area contributed by atoms with E-state index in [4.69, 9.17) is 0 Å². The first-order chi connectivity index (χ1) is 8.24. The molecule has 0 aliphatic carbocycles. The Balaban J connectivity index is 2.39.